The second-order valence-corrected chi connectivity index (χ2v) is 4.50. The average Bonchev–Trinajstić information content (AvgIpc) is 2.40. The summed E-state index contributed by atoms with van der Waals surface area (Å²) in [5.74, 6) is 0.307. The minimum absolute atomic E-state index is 0.0963. The van der Waals surface area contributed by atoms with Crippen LogP contribution in [0.2, 0.25) is 0 Å². The lowest BCUT2D eigenvalue weighted by Crippen LogP contribution is -2.27. The first-order valence-corrected chi connectivity index (χ1v) is 5.82. The van der Waals surface area contributed by atoms with E-state index in [0.717, 1.165) is 6.20 Å². The summed E-state index contributed by atoms with van der Waals surface area (Å²) in [5, 5.41) is 5.73. The molecule has 2 N–H and O–H groups in total. The van der Waals surface area contributed by atoms with Gasteiger partial charge in [-0.3, -0.25) is 4.79 Å². The van der Waals surface area contributed by atoms with Gasteiger partial charge in [0.15, 0.2) is 0 Å². The molecule has 0 spiro atoms. The first-order chi connectivity index (χ1) is 9.38. The van der Waals surface area contributed by atoms with Crippen molar-refractivity contribution in [3.63, 3.8) is 0 Å². The smallest absolute Gasteiger partial charge is 0.348 e. The SMILES string of the molecule is Cn1cc(C(F)(F)F)c(=O)c2c1Nc1ccccc1N2. The second kappa shape index (κ2) is 4.03. The number of fused-ring (bicyclic) bond motifs is 2. The molecule has 0 bridgehead atoms. The van der Waals surface area contributed by atoms with Gasteiger partial charge in [0.05, 0.1) is 11.4 Å². The number of halogens is 3. The number of rotatable bonds is 0. The second-order valence-electron chi connectivity index (χ2n) is 4.50. The first kappa shape index (κ1) is 12.6. The molecular formula is C13H10F3N3O. The Hall–Kier alpha value is -2.44. The van der Waals surface area contributed by atoms with Crippen LogP contribution in [-0.4, -0.2) is 4.57 Å². The number of aryl methyl sites for hydroxylation is 1. The Balaban J connectivity index is 2.22. The van der Waals surface area contributed by atoms with E-state index >= 15 is 0 Å². The van der Waals surface area contributed by atoms with Gasteiger partial charge in [-0.2, -0.15) is 13.2 Å². The third kappa shape index (κ3) is 1.82. The van der Waals surface area contributed by atoms with Gasteiger partial charge in [0.2, 0.25) is 5.43 Å². The quantitative estimate of drug-likeness (QED) is 0.665. The van der Waals surface area contributed by atoms with Crippen molar-refractivity contribution in [2.24, 2.45) is 7.05 Å². The largest absolute Gasteiger partial charge is 0.421 e. The van der Waals surface area contributed by atoms with Gasteiger partial charge in [0.1, 0.15) is 17.1 Å². The van der Waals surface area contributed by atoms with Gasteiger partial charge in [-0.05, 0) is 12.1 Å². The predicted molar refractivity (Wildman–Crippen MR) is 69.7 cm³/mol. The van der Waals surface area contributed by atoms with E-state index in [1.54, 1.807) is 24.3 Å². The Morgan fingerprint density at radius 1 is 1.10 bits per heavy atom. The van der Waals surface area contributed by atoms with E-state index in [1.165, 1.54) is 11.6 Å². The molecule has 20 heavy (non-hydrogen) atoms. The van der Waals surface area contributed by atoms with Gasteiger partial charge in [-0.15, -0.1) is 0 Å². The van der Waals surface area contributed by atoms with E-state index < -0.39 is 17.2 Å². The summed E-state index contributed by atoms with van der Waals surface area (Å²) in [5.41, 5.74) is -1.08. The number of nitrogens with zero attached hydrogens (tertiary/aromatic N) is 1. The van der Waals surface area contributed by atoms with E-state index in [9.17, 15) is 18.0 Å². The van der Waals surface area contributed by atoms with Crippen molar-refractivity contribution in [3.05, 3.63) is 46.2 Å². The molecule has 0 radical (unpaired) electrons. The zero-order chi connectivity index (χ0) is 14.5. The van der Waals surface area contributed by atoms with Crippen molar-refractivity contribution in [3.8, 4) is 0 Å². The number of anilines is 4. The van der Waals surface area contributed by atoms with Gasteiger partial charge in [0, 0.05) is 13.2 Å². The topological polar surface area (TPSA) is 46.1 Å². The molecule has 0 saturated carbocycles. The van der Waals surface area contributed by atoms with E-state index in [-0.39, 0.29) is 5.69 Å². The number of hydrogen-bond donors (Lipinski definition) is 2. The lowest BCUT2D eigenvalue weighted by atomic mass is 10.1. The minimum Gasteiger partial charge on any atom is -0.348 e. The van der Waals surface area contributed by atoms with Crippen molar-refractivity contribution in [1.82, 2.24) is 4.57 Å². The Morgan fingerprint density at radius 2 is 1.70 bits per heavy atom. The summed E-state index contributed by atoms with van der Waals surface area (Å²) in [6.45, 7) is 0. The first-order valence-electron chi connectivity index (χ1n) is 5.82. The molecule has 4 nitrogen and oxygen atoms in total. The number of alkyl halides is 3. The summed E-state index contributed by atoms with van der Waals surface area (Å²) in [4.78, 5) is 12.0. The molecular weight excluding hydrogens is 271 g/mol. The lowest BCUT2D eigenvalue weighted by molar-refractivity contribution is -0.138. The molecule has 3 rings (SSSR count). The van der Waals surface area contributed by atoms with E-state index in [0.29, 0.717) is 17.2 Å². The Kier molecular flexibility index (Phi) is 2.53. The van der Waals surface area contributed by atoms with Crippen molar-refractivity contribution >= 4 is 22.9 Å². The van der Waals surface area contributed by atoms with Gasteiger partial charge < -0.3 is 15.2 Å². The number of benzene rings is 1. The average molecular weight is 281 g/mol. The van der Waals surface area contributed by atoms with Crippen molar-refractivity contribution in [2.45, 2.75) is 6.18 Å². The molecule has 1 aromatic carbocycles. The van der Waals surface area contributed by atoms with Crippen molar-refractivity contribution < 1.29 is 13.2 Å². The highest BCUT2D eigenvalue weighted by Crippen LogP contribution is 2.37. The van der Waals surface area contributed by atoms with Crippen LogP contribution in [0.3, 0.4) is 0 Å². The normalized spacial score (nSPS) is 13.0. The molecule has 0 aliphatic carbocycles. The highest BCUT2D eigenvalue weighted by Gasteiger charge is 2.36. The lowest BCUT2D eigenvalue weighted by Gasteiger charge is -2.25. The number of hydrogen-bond acceptors (Lipinski definition) is 3. The molecule has 104 valence electrons. The fourth-order valence-electron chi connectivity index (χ4n) is 2.17. The number of pyridine rings is 1. The van der Waals surface area contributed by atoms with Crippen LogP contribution in [0.1, 0.15) is 5.56 Å². The van der Waals surface area contributed by atoms with Crippen LogP contribution in [0.15, 0.2) is 35.3 Å². The van der Waals surface area contributed by atoms with Crippen LogP contribution in [0.25, 0.3) is 0 Å². The molecule has 0 amide bonds. The van der Waals surface area contributed by atoms with E-state index in [1.807, 2.05) is 0 Å². The Bertz CT molecular complexity index is 750. The maximum absolute atomic E-state index is 12.8. The molecule has 7 heteroatoms. The summed E-state index contributed by atoms with van der Waals surface area (Å²) in [7, 11) is 1.45. The zero-order valence-electron chi connectivity index (χ0n) is 10.4. The van der Waals surface area contributed by atoms with Crippen LogP contribution in [0.5, 0.6) is 0 Å². The van der Waals surface area contributed by atoms with Crippen LogP contribution < -0.4 is 16.1 Å². The molecule has 2 aromatic rings. The fraction of sp³-hybridized carbons (Fsp3) is 0.154. The zero-order valence-corrected chi connectivity index (χ0v) is 10.4. The van der Waals surface area contributed by atoms with Crippen LogP contribution in [0.4, 0.5) is 36.1 Å². The van der Waals surface area contributed by atoms with Crippen LogP contribution >= 0.6 is 0 Å². The molecule has 0 fully saturated rings. The van der Waals surface area contributed by atoms with Gasteiger partial charge in [-0.1, -0.05) is 12.1 Å². The fourth-order valence-corrected chi connectivity index (χ4v) is 2.17. The number of aromatic nitrogens is 1. The van der Waals surface area contributed by atoms with Crippen LogP contribution in [-0.2, 0) is 13.2 Å². The van der Waals surface area contributed by atoms with Gasteiger partial charge in [0.25, 0.3) is 0 Å². The molecule has 0 atom stereocenters. The van der Waals surface area contributed by atoms with Gasteiger partial charge in [-0.25, -0.2) is 0 Å². The standard InChI is InChI=1S/C13H10F3N3O/c1-19-6-7(13(14,15)16)11(20)10-12(19)18-9-5-3-2-4-8(9)17-10/h2-6,17-18H,1H3. The monoisotopic (exact) mass is 281 g/mol. The summed E-state index contributed by atoms with van der Waals surface area (Å²) >= 11 is 0. The van der Waals surface area contributed by atoms with E-state index in [2.05, 4.69) is 10.6 Å². The summed E-state index contributed by atoms with van der Waals surface area (Å²) in [6, 6.07) is 6.98. The molecule has 1 aliphatic rings. The number of nitrogens with one attached hydrogen (secondary N) is 2. The minimum atomic E-state index is -4.68. The highest BCUT2D eigenvalue weighted by molar-refractivity contribution is 5.88. The molecule has 1 aliphatic heterocycles. The highest BCUT2D eigenvalue weighted by atomic mass is 19.4. The third-order valence-corrected chi connectivity index (χ3v) is 3.13. The summed E-state index contributed by atoms with van der Waals surface area (Å²) in [6.07, 6.45) is -3.88. The Labute approximate surface area is 111 Å². The van der Waals surface area contributed by atoms with E-state index in [4.69, 9.17) is 0 Å². The van der Waals surface area contributed by atoms with Crippen molar-refractivity contribution in [2.75, 3.05) is 10.6 Å². The maximum atomic E-state index is 12.8. The summed E-state index contributed by atoms with van der Waals surface area (Å²) < 4.78 is 39.8. The molecule has 2 heterocycles. The van der Waals surface area contributed by atoms with Crippen LogP contribution in [0, 0.1) is 0 Å². The third-order valence-electron chi connectivity index (χ3n) is 3.13. The number of para-hydroxylation sites is 2. The maximum Gasteiger partial charge on any atom is 0.421 e. The molecule has 1 aromatic heterocycles. The Morgan fingerprint density at radius 3 is 2.30 bits per heavy atom. The molecule has 0 saturated heterocycles. The van der Waals surface area contributed by atoms with Crippen molar-refractivity contribution in [1.29, 1.82) is 0 Å². The van der Waals surface area contributed by atoms with Gasteiger partial charge >= 0.3 is 6.18 Å². The predicted octanol–water partition coefficient (Wildman–Crippen LogP) is 3.20. The molecule has 0 unspecified atom stereocenters.